The smallest absolute Gasteiger partial charge is 0.340 e. The molecule has 2 aromatic carbocycles. The number of anilines is 1. The molecule has 6 nitrogen and oxygen atoms in total. The van der Waals surface area contributed by atoms with E-state index in [0.717, 1.165) is 5.56 Å². The van der Waals surface area contributed by atoms with Crippen molar-refractivity contribution in [1.82, 2.24) is 0 Å². The molecule has 0 radical (unpaired) electrons. The second-order valence-corrected chi connectivity index (χ2v) is 5.90. The highest BCUT2D eigenvalue weighted by molar-refractivity contribution is 9.10. The van der Waals surface area contributed by atoms with E-state index in [1.807, 2.05) is 30.3 Å². The molecule has 0 aliphatic heterocycles. The first kappa shape index (κ1) is 19.0. The summed E-state index contributed by atoms with van der Waals surface area (Å²) in [5, 5.41) is 2.65. The Morgan fingerprint density at radius 1 is 1.12 bits per heavy atom. The molecule has 1 N–H and O–H groups in total. The van der Waals surface area contributed by atoms with Crippen molar-refractivity contribution in [2.45, 2.75) is 6.61 Å². The van der Waals surface area contributed by atoms with E-state index in [9.17, 15) is 9.59 Å². The van der Waals surface area contributed by atoms with Gasteiger partial charge in [-0.25, -0.2) is 4.79 Å². The molecule has 1 amide bonds. The Kier molecular flexibility index (Phi) is 6.97. The first-order valence-electron chi connectivity index (χ1n) is 7.42. The van der Waals surface area contributed by atoms with Crippen molar-refractivity contribution < 1.29 is 23.8 Å². The zero-order valence-electron chi connectivity index (χ0n) is 13.9. The highest BCUT2D eigenvalue weighted by atomic mass is 79.9. The van der Waals surface area contributed by atoms with Gasteiger partial charge in [0.05, 0.1) is 36.6 Å². The van der Waals surface area contributed by atoms with Crippen LogP contribution >= 0.6 is 15.9 Å². The molecule has 7 heteroatoms. The number of amides is 1. The molecule has 0 heterocycles. The maximum atomic E-state index is 12.1. The van der Waals surface area contributed by atoms with Gasteiger partial charge in [-0.2, -0.15) is 0 Å². The van der Waals surface area contributed by atoms with Crippen molar-refractivity contribution in [3.63, 3.8) is 0 Å². The number of halogens is 1. The van der Waals surface area contributed by atoms with Crippen LogP contribution < -0.4 is 10.1 Å². The lowest BCUT2D eigenvalue weighted by Gasteiger charge is -2.13. The minimum atomic E-state index is -0.566. The van der Waals surface area contributed by atoms with E-state index in [2.05, 4.69) is 21.2 Å². The second kappa shape index (κ2) is 9.19. The summed E-state index contributed by atoms with van der Waals surface area (Å²) in [5.41, 5.74) is 1.47. The summed E-state index contributed by atoms with van der Waals surface area (Å²) in [5.74, 6) is -0.470. The average molecular weight is 408 g/mol. The third-order valence-electron chi connectivity index (χ3n) is 3.32. The topological polar surface area (TPSA) is 73.9 Å². The summed E-state index contributed by atoms with van der Waals surface area (Å²) < 4.78 is 15.9. The van der Waals surface area contributed by atoms with Crippen LogP contribution in [0.1, 0.15) is 15.9 Å². The van der Waals surface area contributed by atoms with E-state index in [1.165, 1.54) is 20.3 Å². The Morgan fingerprint density at radius 2 is 1.84 bits per heavy atom. The largest absolute Gasteiger partial charge is 0.495 e. The van der Waals surface area contributed by atoms with Crippen LogP contribution in [0.15, 0.2) is 46.9 Å². The standard InChI is InChI=1S/C18H18BrNO5/c1-23-16-9-15(13(8-14(16)19)18(22)24-2)20-17(21)11-25-10-12-6-4-3-5-7-12/h3-9H,10-11H2,1-2H3,(H,20,21). The van der Waals surface area contributed by atoms with E-state index in [-0.39, 0.29) is 18.1 Å². The molecule has 0 saturated carbocycles. The average Bonchev–Trinajstić information content (AvgIpc) is 2.63. The molecule has 0 fully saturated rings. The van der Waals surface area contributed by atoms with Gasteiger partial charge >= 0.3 is 5.97 Å². The lowest BCUT2D eigenvalue weighted by molar-refractivity contribution is -0.121. The molecule has 2 aromatic rings. The summed E-state index contributed by atoms with van der Waals surface area (Å²) in [4.78, 5) is 24.0. The van der Waals surface area contributed by atoms with Gasteiger partial charge in [0, 0.05) is 6.07 Å². The quantitative estimate of drug-likeness (QED) is 0.711. The predicted molar refractivity (Wildman–Crippen MR) is 96.8 cm³/mol. The van der Waals surface area contributed by atoms with Crippen LogP contribution in [0.25, 0.3) is 0 Å². The summed E-state index contributed by atoms with van der Waals surface area (Å²) in [6, 6.07) is 12.6. The fraction of sp³-hybridized carbons (Fsp3) is 0.222. The first-order valence-corrected chi connectivity index (χ1v) is 8.21. The number of carbonyl (C=O) groups excluding carboxylic acids is 2. The third kappa shape index (κ3) is 5.30. The molecule has 25 heavy (non-hydrogen) atoms. The monoisotopic (exact) mass is 407 g/mol. The molecular formula is C18H18BrNO5. The highest BCUT2D eigenvalue weighted by Gasteiger charge is 2.17. The number of benzene rings is 2. The maximum absolute atomic E-state index is 12.1. The van der Waals surface area contributed by atoms with Crippen molar-refractivity contribution >= 4 is 33.5 Å². The summed E-state index contributed by atoms with van der Waals surface area (Å²) in [7, 11) is 2.77. The molecule has 0 unspecified atom stereocenters. The lowest BCUT2D eigenvalue weighted by Crippen LogP contribution is -2.20. The van der Waals surface area contributed by atoms with Crippen LogP contribution in [0.3, 0.4) is 0 Å². The molecule has 0 saturated heterocycles. The van der Waals surface area contributed by atoms with Crippen LogP contribution in [-0.4, -0.2) is 32.7 Å². The van der Waals surface area contributed by atoms with Gasteiger partial charge in [-0.05, 0) is 27.6 Å². The molecule has 0 aromatic heterocycles. The van der Waals surface area contributed by atoms with Crippen LogP contribution in [0, 0.1) is 0 Å². The van der Waals surface area contributed by atoms with Gasteiger partial charge in [-0.15, -0.1) is 0 Å². The zero-order valence-corrected chi connectivity index (χ0v) is 15.5. The molecule has 2 rings (SSSR count). The van der Waals surface area contributed by atoms with Crippen LogP contribution in [0.4, 0.5) is 5.69 Å². The van der Waals surface area contributed by atoms with Crippen molar-refractivity contribution in [2.24, 2.45) is 0 Å². The Morgan fingerprint density at radius 3 is 2.48 bits per heavy atom. The molecule has 132 valence electrons. The summed E-state index contributed by atoms with van der Waals surface area (Å²) >= 11 is 3.30. The number of methoxy groups -OCH3 is 2. The lowest BCUT2D eigenvalue weighted by atomic mass is 10.1. The number of hydrogen-bond acceptors (Lipinski definition) is 5. The van der Waals surface area contributed by atoms with E-state index >= 15 is 0 Å². The van der Waals surface area contributed by atoms with Crippen molar-refractivity contribution in [3.05, 3.63) is 58.1 Å². The molecular weight excluding hydrogens is 390 g/mol. The molecule has 0 aliphatic carbocycles. The van der Waals surface area contributed by atoms with Gasteiger partial charge in [-0.1, -0.05) is 30.3 Å². The highest BCUT2D eigenvalue weighted by Crippen LogP contribution is 2.32. The van der Waals surface area contributed by atoms with Crippen LogP contribution in [0.2, 0.25) is 0 Å². The van der Waals surface area contributed by atoms with Crippen molar-refractivity contribution in [1.29, 1.82) is 0 Å². The van der Waals surface area contributed by atoms with E-state index in [1.54, 1.807) is 6.07 Å². The van der Waals surface area contributed by atoms with E-state index < -0.39 is 5.97 Å². The minimum absolute atomic E-state index is 0.145. The first-order chi connectivity index (χ1) is 12.0. The SMILES string of the molecule is COC(=O)c1cc(Br)c(OC)cc1NC(=O)COCc1ccccc1. The van der Waals surface area contributed by atoms with Crippen LogP contribution in [-0.2, 0) is 20.9 Å². The van der Waals surface area contributed by atoms with E-state index in [4.69, 9.17) is 14.2 Å². The van der Waals surface area contributed by atoms with Gasteiger partial charge in [0.25, 0.3) is 0 Å². The number of carbonyl (C=O) groups is 2. The Labute approximate surface area is 154 Å². The number of ether oxygens (including phenoxy) is 3. The zero-order chi connectivity index (χ0) is 18.2. The van der Waals surface area contributed by atoms with Gasteiger partial charge in [0.1, 0.15) is 12.4 Å². The van der Waals surface area contributed by atoms with Crippen molar-refractivity contribution in [2.75, 3.05) is 26.1 Å². The number of nitrogens with one attached hydrogen (secondary N) is 1. The fourth-order valence-electron chi connectivity index (χ4n) is 2.11. The van der Waals surface area contributed by atoms with E-state index in [0.29, 0.717) is 22.5 Å². The summed E-state index contributed by atoms with van der Waals surface area (Å²) in [6.45, 7) is 0.176. The Bertz CT molecular complexity index is 749. The fourth-order valence-corrected chi connectivity index (χ4v) is 2.62. The van der Waals surface area contributed by atoms with Gasteiger partial charge in [0.2, 0.25) is 5.91 Å². The van der Waals surface area contributed by atoms with Crippen molar-refractivity contribution in [3.8, 4) is 5.75 Å². The number of rotatable bonds is 7. The number of esters is 1. The predicted octanol–water partition coefficient (Wildman–Crippen LogP) is 3.40. The summed E-state index contributed by atoms with van der Waals surface area (Å²) in [6.07, 6.45) is 0. The molecule has 0 aliphatic rings. The molecule has 0 bridgehead atoms. The molecule has 0 spiro atoms. The number of hydrogen-bond donors (Lipinski definition) is 1. The maximum Gasteiger partial charge on any atom is 0.340 e. The Hall–Kier alpha value is -2.38. The second-order valence-electron chi connectivity index (χ2n) is 5.05. The van der Waals surface area contributed by atoms with Gasteiger partial charge < -0.3 is 19.5 Å². The normalized spacial score (nSPS) is 10.2. The third-order valence-corrected chi connectivity index (χ3v) is 3.94. The van der Waals surface area contributed by atoms with Gasteiger partial charge in [-0.3, -0.25) is 4.79 Å². The van der Waals surface area contributed by atoms with Crippen LogP contribution in [0.5, 0.6) is 5.75 Å². The Balaban J connectivity index is 2.04. The minimum Gasteiger partial charge on any atom is -0.495 e. The molecule has 0 atom stereocenters. The van der Waals surface area contributed by atoms with Gasteiger partial charge in [0.15, 0.2) is 0 Å².